The third-order valence-corrected chi connectivity index (χ3v) is 4.96. The van der Waals surface area contributed by atoms with Gasteiger partial charge in [-0.3, -0.25) is 9.59 Å². The van der Waals surface area contributed by atoms with Crippen molar-refractivity contribution in [2.45, 2.75) is 46.1 Å². The Bertz CT molecular complexity index is 841. The van der Waals surface area contributed by atoms with Crippen LogP contribution in [0.3, 0.4) is 0 Å². The first kappa shape index (κ1) is 18.6. The van der Waals surface area contributed by atoms with Crippen LogP contribution in [0.1, 0.15) is 49.0 Å². The molecule has 0 radical (unpaired) electrons. The molecular formula is C21H28N2O3. The second kappa shape index (κ2) is 8.04. The van der Waals surface area contributed by atoms with Gasteiger partial charge in [-0.1, -0.05) is 38.3 Å². The molecule has 1 aromatic carbocycles. The number of pyridine rings is 1. The lowest BCUT2D eigenvalue weighted by molar-refractivity contribution is -0.0259. The Morgan fingerprint density at radius 2 is 2.15 bits per heavy atom. The van der Waals surface area contributed by atoms with Crippen molar-refractivity contribution in [2.75, 3.05) is 19.7 Å². The van der Waals surface area contributed by atoms with Gasteiger partial charge >= 0.3 is 0 Å². The molecule has 5 heteroatoms. The van der Waals surface area contributed by atoms with E-state index < -0.39 is 0 Å². The number of hydrogen-bond acceptors (Lipinski definition) is 3. The zero-order valence-corrected chi connectivity index (χ0v) is 15.9. The Kier molecular flexibility index (Phi) is 5.77. The molecule has 2 heterocycles. The Balaban J connectivity index is 1.79. The van der Waals surface area contributed by atoms with Crippen LogP contribution < -0.4 is 5.56 Å². The Morgan fingerprint density at radius 1 is 1.35 bits per heavy atom. The number of nitrogens with zero attached hydrogens (tertiary/aromatic N) is 1. The van der Waals surface area contributed by atoms with Crippen LogP contribution in [0.2, 0.25) is 0 Å². The zero-order valence-electron chi connectivity index (χ0n) is 15.9. The number of carbonyl (C=O) groups is 1. The molecule has 2 aromatic rings. The van der Waals surface area contributed by atoms with Gasteiger partial charge in [0.05, 0.1) is 18.3 Å². The fourth-order valence-electron chi connectivity index (χ4n) is 3.55. The average molecular weight is 356 g/mol. The number of aryl methyl sites for hydroxylation is 1. The van der Waals surface area contributed by atoms with E-state index in [1.807, 2.05) is 30.0 Å². The molecule has 1 aromatic heterocycles. The maximum atomic E-state index is 13.1. The molecule has 0 aliphatic carbocycles. The summed E-state index contributed by atoms with van der Waals surface area (Å²) in [6, 6.07) is 7.18. The Hall–Kier alpha value is -2.14. The number of amides is 1. The maximum Gasteiger partial charge on any atom is 0.254 e. The van der Waals surface area contributed by atoms with Crippen LogP contribution in [0.5, 0.6) is 0 Å². The molecule has 1 atom stereocenters. The van der Waals surface area contributed by atoms with Gasteiger partial charge in [0.25, 0.3) is 5.91 Å². The van der Waals surface area contributed by atoms with Gasteiger partial charge in [0.15, 0.2) is 0 Å². The second-order valence-corrected chi connectivity index (χ2v) is 7.67. The first-order valence-electron chi connectivity index (χ1n) is 9.48. The Labute approximate surface area is 154 Å². The molecule has 3 rings (SSSR count). The second-order valence-electron chi connectivity index (χ2n) is 7.67. The van der Waals surface area contributed by atoms with Gasteiger partial charge in [0.1, 0.15) is 0 Å². The van der Waals surface area contributed by atoms with Crippen molar-refractivity contribution in [3.8, 4) is 0 Å². The summed E-state index contributed by atoms with van der Waals surface area (Å²) in [6.45, 7) is 8.14. The summed E-state index contributed by atoms with van der Waals surface area (Å²) in [5.41, 5.74) is 2.00. The quantitative estimate of drug-likeness (QED) is 0.892. The standard InChI is InChI=1S/C21H28N2O3/c1-14(2)5-4-6-16-13-23(9-10-26-16)21(25)18-12-20(24)22-19-8-7-15(3)11-17(18)19/h7-8,11-12,14,16H,4-6,9-10,13H2,1-3H3,(H,22,24)/t16-/m0/s1. The smallest absolute Gasteiger partial charge is 0.254 e. The van der Waals surface area contributed by atoms with E-state index in [2.05, 4.69) is 18.8 Å². The number of aromatic amines is 1. The highest BCUT2D eigenvalue weighted by Crippen LogP contribution is 2.21. The minimum atomic E-state index is -0.244. The first-order chi connectivity index (χ1) is 12.4. The van der Waals surface area contributed by atoms with E-state index in [0.29, 0.717) is 36.7 Å². The van der Waals surface area contributed by atoms with Crippen LogP contribution in [-0.2, 0) is 4.74 Å². The van der Waals surface area contributed by atoms with Crippen LogP contribution in [0.15, 0.2) is 29.1 Å². The lowest BCUT2D eigenvalue weighted by atomic mass is 10.0. The minimum Gasteiger partial charge on any atom is -0.375 e. The van der Waals surface area contributed by atoms with Crippen molar-refractivity contribution in [1.82, 2.24) is 9.88 Å². The largest absolute Gasteiger partial charge is 0.375 e. The van der Waals surface area contributed by atoms with Gasteiger partial charge in [0.2, 0.25) is 5.56 Å². The number of hydrogen-bond donors (Lipinski definition) is 1. The number of aromatic nitrogens is 1. The summed E-state index contributed by atoms with van der Waals surface area (Å²) in [5.74, 6) is 0.603. The molecule has 26 heavy (non-hydrogen) atoms. The van der Waals surface area contributed by atoms with Crippen molar-refractivity contribution in [3.05, 3.63) is 45.7 Å². The third-order valence-electron chi connectivity index (χ3n) is 4.96. The SMILES string of the molecule is Cc1ccc2[nH]c(=O)cc(C(=O)N3CCO[C@@H](CCCC(C)C)C3)c2c1. The molecule has 0 bridgehead atoms. The monoisotopic (exact) mass is 356 g/mol. The van der Waals surface area contributed by atoms with E-state index in [1.165, 1.54) is 12.5 Å². The lowest BCUT2D eigenvalue weighted by Crippen LogP contribution is -2.45. The molecule has 1 saturated heterocycles. The summed E-state index contributed by atoms with van der Waals surface area (Å²) >= 11 is 0. The van der Waals surface area contributed by atoms with Gasteiger partial charge in [-0.05, 0) is 31.4 Å². The molecule has 5 nitrogen and oxygen atoms in total. The Morgan fingerprint density at radius 3 is 2.92 bits per heavy atom. The molecular weight excluding hydrogens is 328 g/mol. The van der Waals surface area contributed by atoms with E-state index in [0.717, 1.165) is 23.8 Å². The number of ether oxygens (including phenoxy) is 1. The van der Waals surface area contributed by atoms with Crippen molar-refractivity contribution in [2.24, 2.45) is 5.92 Å². The molecule has 0 unspecified atom stereocenters. The predicted molar refractivity (Wildman–Crippen MR) is 104 cm³/mol. The number of H-pyrrole nitrogens is 1. The molecule has 1 aliphatic rings. The minimum absolute atomic E-state index is 0.0798. The summed E-state index contributed by atoms with van der Waals surface area (Å²) in [7, 11) is 0. The fraction of sp³-hybridized carbons (Fsp3) is 0.524. The van der Waals surface area contributed by atoms with Crippen LogP contribution >= 0.6 is 0 Å². The van der Waals surface area contributed by atoms with Crippen molar-refractivity contribution in [3.63, 3.8) is 0 Å². The van der Waals surface area contributed by atoms with E-state index >= 15 is 0 Å². The number of fused-ring (bicyclic) bond motifs is 1. The molecule has 0 saturated carbocycles. The van der Waals surface area contributed by atoms with Gasteiger partial charge in [-0.15, -0.1) is 0 Å². The van der Waals surface area contributed by atoms with Crippen molar-refractivity contribution >= 4 is 16.8 Å². The first-order valence-corrected chi connectivity index (χ1v) is 9.48. The molecule has 0 spiro atoms. The number of rotatable bonds is 5. The average Bonchev–Trinajstić information content (AvgIpc) is 2.61. The number of morpholine rings is 1. The summed E-state index contributed by atoms with van der Waals surface area (Å²) in [4.78, 5) is 29.8. The van der Waals surface area contributed by atoms with Gasteiger partial charge in [0, 0.05) is 30.1 Å². The summed E-state index contributed by atoms with van der Waals surface area (Å²) in [5, 5.41) is 0.803. The fourth-order valence-corrected chi connectivity index (χ4v) is 3.55. The number of benzene rings is 1. The van der Waals surface area contributed by atoms with E-state index in [9.17, 15) is 9.59 Å². The molecule has 1 amide bonds. The van der Waals surface area contributed by atoms with Crippen molar-refractivity contribution < 1.29 is 9.53 Å². The lowest BCUT2D eigenvalue weighted by Gasteiger charge is -2.33. The van der Waals surface area contributed by atoms with Gasteiger partial charge in [-0.25, -0.2) is 0 Å². The van der Waals surface area contributed by atoms with Crippen LogP contribution in [-0.4, -0.2) is 41.6 Å². The highest BCUT2D eigenvalue weighted by molar-refractivity contribution is 6.06. The van der Waals surface area contributed by atoms with Gasteiger partial charge < -0.3 is 14.6 Å². The molecule has 1 fully saturated rings. The van der Waals surface area contributed by atoms with Crippen LogP contribution in [0, 0.1) is 12.8 Å². The summed E-state index contributed by atoms with van der Waals surface area (Å²) < 4.78 is 5.84. The predicted octanol–water partition coefficient (Wildman–Crippen LogP) is 3.50. The van der Waals surface area contributed by atoms with Crippen molar-refractivity contribution in [1.29, 1.82) is 0 Å². The molecule has 1 aliphatic heterocycles. The highest BCUT2D eigenvalue weighted by atomic mass is 16.5. The van der Waals surface area contributed by atoms with E-state index in [4.69, 9.17) is 4.74 Å². The van der Waals surface area contributed by atoms with Crippen LogP contribution in [0.4, 0.5) is 0 Å². The number of carbonyl (C=O) groups excluding carboxylic acids is 1. The topological polar surface area (TPSA) is 62.4 Å². The molecule has 140 valence electrons. The van der Waals surface area contributed by atoms with Crippen LogP contribution in [0.25, 0.3) is 10.9 Å². The summed E-state index contributed by atoms with van der Waals surface area (Å²) in [6.07, 6.45) is 3.34. The molecule has 1 N–H and O–H groups in total. The van der Waals surface area contributed by atoms with E-state index in [1.54, 1.807) is 0 Å². The van der Waals surface area contributed by atoms with Gasteiger partial charge in [-0.2, -0.15) is 0 Å². The zero-order chi connectivity index (χ0) is 18.7. The highest BCUT2D eigenvalue weighted by Gasteiger charge is 2.26. The third kappa shape index (κ3) is 4.33. The maximum absolute atomic E-state index is 13.1. The normalized spacial score (nSPS) is 17.8. The van der Waals surface area contributed by atoms with E-state index in [-0.39, 0.29) is 17.6 Å². The number of nitrogens with one attached hydrogen (secondary N) is 1.